The van der Waals surface area contributed by atoms with Crippen LogP contribution < -0.4 is 10.1 Å². The number of nitrogens with zero attached hydrogens (tertiary/aromatic N) is 1. The number of aromatic nitrogens is 1. The summed E-state index contributed by atoms with van der Waals surface area (Å²) in [6.45, 7) is 6.45. The third-order valence-corrected chi connectivity index (χ3v) is 3.98. The van der Waals surface area contributed by atoms with Gasteiger partial charge in [0.25, 0.3) is 0 Å². The Labute approximate surface area is 106 Å². The second-order valence-electron chi connectivity index (χ2n) is 4.41. The normalized spacial score (nSPS) is 11.2. The first-order valence-electron chi connectivity index (χ1n) is 5.74. The minimum Gasteiger partial charge on any atom is -0.496 e. The molecule has 0 bridgehead atoms. The molecule has 1 aromatic carbocycles. The van der Waals surface area contributed by atoms with Gasteiger partial charge in [0.2, 0.25) is 0 Å². The molecule has 0 saturated heterocycles. The first-order chi connectivity index (χ1) is 8.08. The highest BCUT2D eigenvalue weighted by Crippen LogP contribution is 2.40. The van der Waals surface area contributed by atoms with Gasteiger partial charge in [0, 0.05) is 12.6 Å². The van der Waals surface area contributed by atoms with E-state index in [0.717, 1.165) is 16.4 Å². The smallest absolute Gasteiger partial charge is 0.183 e. The fourth-order valence-electron chi connectivity index (χ4n) is 2.05. The Balaban J connectivity index is 2.81. The van der Waals surface area contributed by atoms with Crippen LogP contribution in [0.2, 0.25) is 0 Å². The monoisotopic (exact) mass is 250 g/mol. The fourth-order valence-corrected chi connectivity index (χ4v) is 3.23. The number of hydrogen-bond donors (Lipinski definition) is 1. The first kappa shape index (κ1) is 12.2. The molecular formula is C13H18N2OS. The molecule has 0 aliphatic carbocycles. The van der Waals surface area contributed by atoms with E-state index in [9.17, 15) is 0 Å². The second-order valence-corrected chi connectivity index (χ2v) is 5.41. The van der Waals surface area contributed by atoms with Gasteiger partial charge in [-0.1, -0.05) is 25.2 Å². The SMILES string of the molecule is CNc1nc2c(C)cc(OC)c(C(C)C)c2s1. The number of aryl methyl sites for hydroxylation is 1. The lowest BCUT2D eigenvalue weighted by atomic mass is 9.99. The second kappa shape index (κ2) is 4.53. The molecule has 92 valence electrons. The molecule has 0 unspecified atom stereocenters. The summed E-state index contributed by atoms with van der Waals surface area (Å²) in [5.41, 5.74) is 3.51. The molecule has 0 saturated carbocycles. The van der Waals surface area contributed by atoms with Gasteiger partial charge in [-0.2, -0.15) is 0 Å². The Morgan fingerprint density at radius 3 is 2.65 bits per heavy atom. The van der Waals surface area contributed by atoms with Crippen molar-refractivity contribution < 1.29 is 4.74 Å². The van der Waals surface area contributed by atoms with Crippen molar-refractivity contribution in [3.63, 3.8) is 0 Å². The van der Waals surface area contributed by atoms with Gasteiger partial charge in [0.1, 0.15) is 5.75 Å². The lowest BCUT2D eigenvalue weighted by Gasteiger charge is -2.13. The molecule has 0 spiro atoms. The predicted octanol–water partition coefficient (Wildman–Crippen LogP) is 3.78. The van der Waals surface area contributed by atoms with Crippen molar-refractivity contribution in [3.8, 4) is 5.75 Å². The van der Waals surface area contributed by atoms with Crippen molar-refractivity contribution in [1.82, 2.24) is 4.98 Å². The van der Waals surface area contributed by atoms with Crippen LogP contribution in [0.4, 0.5) is 5.13 Å². The summed E-state index contributed by atoms with van der Waals surface area (Å²) in [6, 6.07) is 2.08. The van der Waals surface area contributed by atoms with Crippen molar-refractivity contribution in [3.05, 3.63) is 17.2 Å². The highest BCUT2D eigenvalue weighted by atomic mass is 32.1. The van der Waals surface area contributed by atoms with Gasteiger partial charge in [-0.3, -0.25) is 0 Å². The minimum atomic E-state index is 0.429. The van der Waals surface area contributed by atoms with Gasteiger partial charge in [-0.25, -0.2) is 4.98 Å². The highest BCUT2D eigenvalue weighted by Gasteiger charge is 2.17. The number of ether oxygens (including phenoxy) is 1. The number of thiazole rings is 1. The molecule has 0 amide bonds. The molecule has 0 aliphatic heterocycles. The zero-order valence-corrected chi connectivity index (χ0v) is 11.7. The van der Waals surface area contributed by atoms with Crippen molar-refractivity contribution in [2.75, 3.05) is 19.5 Å². The third kappa shape index (κ3) is 1.97. The zero-order chi connectivity index (χ0) is 12.6. The maximum absolute atomic E-state index is 5.50. The van der Waals surface area contributed by atoms with E-state index >= 15 is 0 Å². The summed E-state index contributed by atoms with van der Waals surface area (Å²) in [4.78, 5) is 4.60. The third-order valence-electron chi connectivity index (χ3n) is 2.87. The van der Waals surface area contributed by atoms with Crippen LogP contribution in [0.3, 0.4) is 0 Å². The molecule has 1 heterocycles. The van der Waals surface area contributed by atoms with Gasteiger partial charge >= 0.3 is 0 Å². The van der Waals surface area contributed by atoms with Gasteiger partial charge < -0.3 is 10.1 Å². The summed E-state index contributed by atoms with van der Waals surface area (Å²) in [5.74, 6) is 1.40. The van der Waals surface area contributed by atoms with Crippen LogP contribution in [0.15, 0.2) is 6.07 Å². The van der Waals surface area contributed by atoms with Crippen molar-refractivity contribution in [2.24, 2.45) is 0 Å². The van der Waals surface area contributed by atoms with E-state index in [0.29, 0.717) is 5.92 Å². The average molecular weight is 250 g/mol. The van der Waals surface area contributed by atoms with E-state index in [1.54, 1.807) is 18.4 Å². The summed E-state index contributed by atoms with van der Waals surface area (Å²) in [5, 5.41) is 4.07. The molecule has 0 fully saturated rings. The maximum Gasteiger partial charge on any atom is 0.183 e. The number of fused-ring (bicyclic) bond motifs is 1. The molecule has 1 aromatic heterocycles. The molecule has 2 aromatic rings. The summed E-state index contributed by atoms with van der Waals surface area (Å²) in [7, 11) is 3.63. The van der Waals surface area contributed by atoms with Crippen LogP contribution >= 0.6 is 11.3 Å². The Morgan fingerprint density at radius 1 is 1.41 bits per heavy atom. The van der Waals surface area contributed by atoms with Gasteiger partial charge in [-0.15, -0.1) is 0 Å². The Hall–Kier alpha value is -1.29. The summed E-state index contributed by atoms with van der Waals surface area (Å²) >= 11 is 1.69. The Morgan fingerprint density at radius 2 is 2.12 bits per heavy atom. The number of methoxy groups -OCH3 is 1. The molecule has 1 N–H and O–H groups in total. The van der Waals surface area contributed by atoms with E-state index in [1.807, 2.05) is 7.05 Å². The number of benzene rings is 1. The van der Waals surface area contributed by atoms with E-state index in [4.69, 9.17) is 4.74 Å². The van der Waals surface area contributed by atoms with Gasteiger partial charge in [-0.05, 0) is 24.5 Å². The highest BCUT2D eigenvalue weighted by molar-refractivity contribution is 7.22. The molecule has 17 heavy (non-hydrogen) atoms. The van der Waals surface area contributed by atoms with E-state index in [-0.39, 0.29) is 0 Å². The fraction of sp³-hybridized carbons (Fsp3) is 0.462. The predicted molar refractivity (Wildman–Crippen MR) is 74.5 cm³/mol. The first-order valence-corrected chi connectivity index (χ1v) is 6.56. The van der Waals surface area contributed by atoms with Crippen LogP contribution in [-0.2, 0) is 0 Å². The molecule has 4 heteroatoms. The topological polar surface area (TPSA) is 34.2 Å². The van der Waals surface area contributed by atoms with Crippen molar-refractivity contribution in [2.45, 2.75) is 26.7 Å². The van der Waals surface area contributed by atoms with E-state index in [2.05, 4.69) is 37.1 Å². The van der Waals surface area contributed by atoms with E-state index < -0.39 is 0 Å². The van der Waals surface area contributed by atoms with Crippen molar-refractivity contribution in [1.29, 1.82) is 0 Å². The number of nitrogens with one attached hydrogen (secondary N) is 1. The molecule has 0 radical (unpaired) electrons. The summed E-state index contributed by atoms with van der Waals surface area (Å²) in [6.07, 6.45) is 0. The molecule has 0 aliphatic rings. The molecule has 0 atom stereocenters. The number of rotatable bonds is 3. The number of hydrogen-bond acceptors (Lipinski definition) is 4. The summed E-state index contributed by atoms with van der Waals surface area (Å²) < 4.78 is 6.73. The molecule has 3 nitrogen and oxygen atoms in total. The van der Waals surface area contributed by atoms with Crippen LogP contribution in [-0.4, -0.2) is 19.1 Å². The number of anilines is 1. The average Bonchev–Trinajstić information content (AvgIpc) is 2.72. The van der Waals surface area contributed by atoms with Gasteiger partial charge in [0.15, 0.2) is 5.13 Å². The van der Waals surface area contributed by atoms with Crippen LogP contribution in [0, 0.1) is 6.92 Å². The lowest BCUT2D eigenvalue weighted by molar-refractivity contribution is 0.408. The molecule has 2 rings (SSSR count). The maximum atomic E-state index is 5.50. The Kier molecular flexibility index (Phi) is 3.24. The van der Waals surface area contributed by atoms with Gasteiger partial charge in [0.05, 0.1) is 17.3 Å². The van der Waals surface area contributed by atoms with Crippen LogP contribution in [0.25, 0.3) is 10.2 Å². The largest absolute Gasteiger partial charge is 0.496 e. The quantitative estimate of drug-likeness (QED) is 0.900. The van der Waals surface area contributed by atoms with Crippen LogP contribution in [0.1, 0.15) is 30.9 Å². The van der Waals surface area contributed by atoms with Crippen LogP contribution in [0.5, 0.6) is 5.75 Å². The van der Waals surface area contributed by atoms with E-state index in [1.165, 1.54) is 15.8 Å². The standard InChI is InChI=1S/C13H18N2OS/c1-7(2)10-9(16-5)6-8(3)11-12(10)17-13(14-4)15-11/h6-7H,1-5H3,(H,14,15). The minimum absolute atomic E-state index is 0.429. The lowest BCUT2D eigenvalue weighted by Crippen LogP contribution is -1.96. The van der Waals surface area contributed by atoms with Crippen molar-refractivity contribution >= 4 is 26.7 Å². The zero-order valence-electron chi connectivity index (χ0n) is 10.9. The Bertz CT molecular complexity index is 546. The molecular weight excluding hydrogens is 232 g/mol.